The molecular formula is C8H6BrNO2. The molecule has 2 rings (SSSR count). The summed E-state index contributed by atoms with van der Waals surface area (Å²) in [5.41, 5.74) is 0. The number of aromatic nitrogens is 1. The Morgan fingerprint density at radius 1 is 1.33 bits per heavy atom. The lowest BCUT2D eigenvalue weighted by Crippen LogP contribution is -1.68. The molecule has 0 spiro atoms. The van der Waals surface area contributed by atoms with E-state index < -0.39 is 0 Å². The number of furan rings is 1. The molecule has 0 N–H and O–H groups in total. The van der Waals surface area contributed by atoms with Crippen LogP contribution in [0.15, 0.2) is 31.8 Å². The van der Waals surface area contributed by atoms with E-state index in [4.69, 9.17) is 8.83 Å². The topological polar surface area (TPSA) is 39.2 Å². The molecule has 2 heterocycles. The van der Waals surface area contributed by atoms with Gasteiger partial charge in [-0.1, -0.05) is 0 Å². The van der Waals surface area contributed by atoms with Crippen molar-refractivity contribution < 1.29 is 8.83 Å². The first-order valence-corrected chi connectivity index (χ1v) is 4.23. The molecular weight excluding hydrogens is 222 g/mol. The van der Waals surface area contributed by atoms with Crippen LogP contribution in [0.2, 0.25) is 0 Å². The second-order valence-electron chi connectivity index (χ2n) is 2.38. The molecule has 3 nitrogen and oxygen atoms in total. The molecule has 0 radical (unpaired) electrons. The van der Waals surface area contributed by atoms with Crippen molar-refractivity contribution in [1.82, 2.24) is 4.98 Å². The Bertz CT molecular complexity index is 353. The molecule has 0 bridgehead atoms. The van der Waals surface area contributed by atoms with Crippen LogP contribution in [-0.4, -0.2) is 4.98 Å². The number of aryl methyl sites for hydroxylation is 1. The van der Waals surface area contributed by atoms with Gasteiger partial charge < -0.3 is 8.83 Å². The predicted molar refractivity (Wildman–Crippen MR) is 46.6 cm³/mol. The number of oxazole rings is 1. The zero-order valence-corrected chi connectivity index (χ0v) is 7.96. The molecule has 0 saturated carbocycles. The van der Waals surface area contributed by atoms with Crippen molar-refractivity contribution >= 4 is 15.9 Å². The second-order valence-corrected chi connectivity index (χ2v) is 3.16. The monoisotopic (exact) mass is 227 g/mol. The van der Waals surface area contributed by atoms with Gasteiger partial charge in [-0.2, -0.15) is 0 Å². The third kappa shape index (κ3) is 1.30. The van der Waals surface area contributed by atoms with Gasteiger partial charge in [-0.3, -0.25) is 0 Å². The molecule has 4 heteroatoms. The highest BCUT2D eigenvalue weighted by Gasteiger charge is 2.07. The van der Waals surface area contributed by atoms with Gasteiger partial charge in [0.2, 0.25) is 0 Å². The Morgan fingerprint density at radius 2 is 2.17 bits per heavy atom. The standard InChI is InChI=1S/C8H6BrNO2/c1-5-2-3-6(11-5)8-10-4-7(9)12-8/h2-4H,1H3. The van der Waals surface area contributed by atoms with Crippen LogP contribution in [0.5, 0.6) is 0 Å². The zero-order chi connectivity index (χ0) is 8.55. The highest BCUT2D eigenvalue weighted by Crippen LogP contribution is 2.23. The summed E-state index contributed by atoms with van der Waals surface area (Å²) in [4.78, 5) is 3.99. The van der Waals surface area contributed by atoms with Crippen molar-refractivity contribution in [2.75, 3.05) is 0 Å². The summed E-state index contributed by atoms with van der Waals surface area (Å²) in [6.45, 7) is 1.88. The maximum atomic E-state index is 5.31. The molecule has 12 heavy (non-hydrogen) atoms. The number of rotatable bonds is 1. The third-order valence-electron chi connectivity index (χ3n) is 1.43. The van der Waals surface area contributed by atoms with Crippen molar-refractivity contribution in [2.24, 2.45) is 0 Å². The minimum absolute atomic E-state index is 0.495. The molecule has 62 valence electrons. The maximum absolute atomic E-state index is 5.31. The summed E-state index contributed by atoms with van der Waals surface area (Å²) >= 11 is 3.17. The molecule has 0 aromatic carbocycles. The molecule has 0 amide bonds. The van der Waals surface area contributed by atoms with Gasteiger partial charge in [0.15, 0.2) is 10.4 Å². The van der Waals surface area contributed by atoms with E-state index in [2.05, 4.69) is 20.9 Å². The van der Waals surface area contributed by atoms with Crippen molar-refractivity contribution in [2.45, 2.75) is 6.92 Å². The molecule has 0 aliphatic rings. The van der Waals surface area contributed by atoms with E-state index in [1.807, 2.05) is 19.1 Å². The summed E-state index contributed by atoms with van der Waals surface area (Å²) in [5.74, 6) is 1.99. The van der Waals surface area contributed by atoms with Crippen LogP contribution in [0.1, 0.15) is 5.76 Å². The van der Waals surface area contributed by atoms with E-state index in [-0.39, 0.29) is 0 Å². The van der Waals surface area contributed by atoms with E-state index in [1.165, 1.54) is 0 Å². The number of hydrogen-bond donors (Lipinski definition) is 0. The molecule has 2 aromatic heterocycles. The average molecular weight is 228 g/mol. The summed E-state index contributed by atoms with van der Waals surface area (Å²) in [5, 5.41) is 0. The van der Waals surface area contributed by atoms with E-state index >= 15 is 0 Å². The normalized spacial score (nSPS) is 10.5. The molecule has 0 aliphatic carbocycles. The van der Waals surface area contributed by atoms with Crippen LogP contribution in [-0.2, 0) is 0 Å². The fourth-order valence-corrected chi connectivity index (χ4v) is 1.17. The van der Waals surface area contributed by atoms with Crippen LogP contribution in [0, 0.1) is 6.92 Å². The van der Waals surface area contributed by atoms with E-state index in [0.717, 1.165) is 5.76 Å². The first kappa shape index (κ1) is 7.61. The Balaban J connectivity index is 2.43. The fraction of sp³-hybridized carbons (Fsp3) is 0.125. The quantitative estimate of drug-likeness (QED) is 0.752. The Hall–Kier alpha value is -1.03. The highest BCUT2D eigenvalue weighted by atomic mass is 79.9. The van der Waals surface area contributed by atoms with Crippen LogP contribution >= 0.6 is 15.9 Å². The number of halogens is 1. The van der Waals surface area contributed by atoms with E-state index in [1.54, 1.807) is 6.20 Å². The Morgan fingerprint density at radius 3 is 2.67 bits per heavy atom. The van der Waals surface area contributed by atoms with E-state index in [9.17, 15) is 0 Å². The van der Waals surface area contributed by atoms with Gasteiger partial charge in [-0.05, 0) is 35.0 Å². The van der Waals surface area contributed by atoms with Crippen LogP contribution in [0.3, 0.4) is 0 Å². The van der Waals surface area contributed by atoms with Gasteiger partial charge >= 0.3 is 0 Å². The number of hydrogen-bond acceptors (Lipinski definition) is 3. The predicted octanol–water partition coefficient (Wildman–Crippen LogP) is 3.01. The smallest absolute Gasteiger partial charge is 0.263 e. The SMILES string of the molecule is Cc1ccc(-c2ncc(Br)o2)o1. The van der Waals surface area contributed by atoms with Gasteiger partial charge in [0.1, 0.15) is 5.76 Å². The van der Waals surface area contributed by atoms with Gasteiger partial charge in [0, 0.05) is 0 Å². The lowest BCUT2D eigenvalue weighted by atomic mass is 10.4. The molecule has 2 aromatic rings. The fourth-order valence-electron chi connectivity index (χ4n) is 0.918. The maximum Gasteiger partial charge on any atom is 0.263 e. The van der Waals surface area contributed by atoms with Gasteiger partial charge in [0.25, 0.3) is 5.89 Å². The van der Waals surface area contributed by atoms with Crippen LogP contribution in [0.4, 0.5) is 0 Å². The molecule has 0 unspecified atom stereocenters. The van der Waals surface area contributed by atoms with E-state index in [0.29, 0.717) is 16.3 Å². The Labute approximate surface area is 77.5 Å². The second kappa shape index (κ2) is 2.79. The van der Waals surface area contributed by atoms with Crippen molar-refractivity contribution in [3.63, 3.8) is 0 Å². The van der Waals surface area contributed by atoms with Crippen molar-refractivity contribution in [3.8, 4) is 11.7 Å². The van der Waals surface area contributed by atoms with Crippen LogP contribution < -0.4 is 0 Å². The minimum atomic E-state index is 0.495. The molecule has 0 atom stereocenters. The third-order valence-corrected chi connectivity index (χ3v) is 1.80. The lowest BCUT2D eigenvalue weighted by Gasteiger charge is -1.86. The van der Waals surface area contributed by atoms with Crippen molar-refractivity contribution in [1.29, 1.82) is 0 Å². The number of nitrogens with zero attached hydrogens (tertiary/aromatic N) is 1. The first-order chi connectivity index (χ1) is 5.75. The summed E-state index contributed by atoms with van der Waals surface area (Å²) < 4.78 is 11.1. The molecule has 0 aliphatic heterocycles. The van der Waals surface area contributed by atoms with Gasteiger partial charge in [-0.25, -0.2) is 4.98 Å². The molecule has 0 fully saturated rings. The minimum Gasteiger partial charge on any atom is -0.456 e. The van der Waals surface area contributed by atoms with Crippen LogP contribution in [0.25, 0.3) is 11.7 Å². The largest absolute Gasteiger partial charge is 0.456 e. The zero-order valence-electron chi connectivity index (χ0n) is 6.37. The lowest BCUT2D eigenvalue weighted by molar-refractivity contribution is 0.491. The van der Waals surface area contributed by atoms with Gasteiger partial charge in [0.05, 0.1) is 6.20 Å². The van der Waals surface area contributed by atoms with Crippen molar-refractivity contribution in [3.05, 3.63) is 28.8 Å². The van der Waals surface area contributed by atoms with Gasteiger partial charge in [-0.15, -0.1) is 0 Å². The average Bonchev–Trinajstić information content (AvgIpc) is 2.58. The first-order valence-electron chi connectivity index (χ1n) is 3.44. The molecule has 0 saturated heterocycles. The summed E-state index contributed by atoms with van der Waals surface area (Å²) in [7, 11) is 0. The Kier molecular flexibility index (Phi) is 1.77. The highest BCUT2D eigenvalue weighted by molar-refractivity contribution is 9.10. The summed E-state index contributed by atoms with van der Waals surface area (Å²) in [6.07, 6.45) is 1.59. The summed E-state index contributed by atoms with van der Waals surface area (Å²) in [6, 6.07) is 3.70.